The summed E-state index contributed by atoms with van der Waals surface area (Å²) in [4.78, 5) is 11.9. The number of carboxylic acids is 1. The van der Waals surface area contributed by atoms with E-state index in [4.69, 9.17) is 9.84 Å². The Morgan fingerprint density at radius 3 is 2.75 bits per heavy atom. The highest BCUT2D eigenvalue weighted by Crippen LogP contribution is 2.30. The predicted octanol–water partition coefficient (Wildman–Crippen LogP) is 2.68. The highest BCUT2D eigenvalue weighted by Gasteiger charge is 2.17. The molecular weight excluding hydrogens is 224 g/mol. The van der Waals surface area contributed by atoms with Crippen molar-refractivity contribution in [3.8, 4) is 5.75 Å². The highest BCUT2D eigenvalue weighted by atomic mass is 32.2. The lowest BCUT2D eigenvalue weighted by atomic mass is 10.0. The molecule has 3 nitrogen and oxygen atoms in total. The molecule has 1 unspecified atom stereocenters. The van der Waals surface area contributed by atoms with Crippen LogP contribution < -0.4 is 4.74 Å². The Labute approximate surface area is 99.8 Å². The van der Waals surface area contributed by atoms with Gasteiger partial charge in [-0.25, -0.2) is 0 Å². The first-order valence-electron chi connectivity index (χ1n) is 5.02. The maximum atomic E-state index is 10.9. The summed E-state index contributed by atoms with van der Waals surface area (Å²) in [5.41, 5.74) is 0.979. The molecule has 0 fully saturated rings. The average molecular weight is 240 g/mol. The van der Waals surface area contributed by atoms with Gasteiger partial charge in [0.25, 0.3) is 0 Å². The first kappa shape index (κ1) is 12.9. The number of rotatable bonds is 5. The molecule has 16 heavy (non-hydrogen) atoms. The molecule has 1 aromatic carbocycles. The normalized spacial score (nSPS) is 12.2. The van der Waals surface area contributed by atoms with Gasteiger partial charge < -0.3 is 9.84 Å². The summed E-state index contributed by atoms with van der Waals surface area (Å²) in [6, 6.07) is 5.76. The number of benzene rings is 1. The van der Waals surface area contributed by atoms with Crippen LogP contribution >= 0.6 is 11.8 Å². The van der Waals surface area contributed by atoms with Gasteiger partial charge in [0.15, 0.2) is 0 Å². The van der Waals surface area contributed by atoms with Crippen molar-refractivity contribution in [3.63, 3.8) is 0 Å². The fourth-order valence-electron chi connectivity index (χ4n) is 1.52. The van der Waals surface area contributed by atoms with Gasteiger partial charge in [0.2, 0.25) is 0 Å². The van der Waals surface area contributed by atoms with Crippen molar-refractivity contribution in [1.82, 2.24) is 0 Å². The predicted molar refractivity (Wildman–Crippen MR) is 65.3 cm³/mol. The van der Waals surface area contributed by atoms with E-state index in [1.807, 2.05) is 24.5 Å². The van der Waals surface area contributed by atoms with Crippen LogP contribution in [0.2, 0.25) is 0 Å². The zero-order valence-corrected chi connectivity index (χ0v) is 10.5. The Kier molecular flexibility index (Phi) is 4.68. The number of aliphatic carboxylic acids is 1. The van der Waals surface area contributed by atoms with Crippen molar-refractivity contribution in [2.24, 2.45) is 5.92 Å². The molecule has 0 radical (unpaired) electrons. The van der Waals surface area contributed by atoms with E-state index in [-0.39, 0.29) is 0 Å². The number of thioether (sulfide) groups is 1. The Morgan fingerprint density at radius 1 is 1.56 bits per heavy atom. The van der Waals surface area contributed by atoms with Crippen molar-refractivity contribution in [1.29, 1.82) is 0 Å². The lowest BCUT2D eigenvalue weighted by Crippen LogP contribution is -2.13. The third-order valence-corrected chi connectivity index (χ3v) is 3.28. The number of hydrogen-bond donors (Lipinski definition) is 1. The van der Waals surface area contributed by atoms with Crippen LogP contribution in [0.3, 0.4) is 0 Å². The molecule has 0 aliphatic heterocycles. The van der Waals surface area contributed by atoms with Gasteiger partial charge in [-0.05, 0) is 24.8 Å². The molecule has 0 aromatic heterocycles. The van der Waals surface area contributed by atoms with E-state index < -0.39 is 11.9 Å². The maximum absolute atomic E-state index is 10.9. The van der Waals surface area contributed by atoms with Crippen molar-refractivity contribution >= 4 is 17.7 Å². The maximum Gasteiger partial charge on any atom is 0.306 e. The molecule has 0 aliphatic carbocycles. The summed E-state index contributed by atoms with van der Waals surface area (Å²) in [7, 11) is 1.61. The minimum absolute atomic E-state index is 0.401. The number of methoxy groups -OCH3 is 1. The largest absolute Gasteiger partial charge is 0.496 e. The van der Waals surface area contributed by atoms with Gasteiger partial charge in [0, 0.05) is 10.5 Å². The van der Waals surface area contributed by atoms with E-state index in [1.54, 1.807) is 25.8 Å². The van der Waals surface area contributed by atoms with Crippen molar-refractivity contribution < 1.29 is 14.6 Å². The molecule has 1 aromatic rings. The van der Waals surface area contributed by atoms with Gasteiger partial charge in [0.05, 0.1) is 13.0 Å². The quantitative estimate of drug-likeness (QED) is 0.804. The summed E-state index contributed by atoms with van der Waals surface area (Å²) in [5.74, 6) is -0.417. The molecule has 0 amide bonds. The lowest BCUT2D eigenvalue weighted by Gasteiger charge is -2.14. The third-order valence-electron chi connectivity index (χ3n) is 2.46. The number of ether oxygens (including phenoxy) is 1. The second kappa shape index (κ2) is 5.80. The summed E-state index contributed by atoms with van der Waals surface area (Å²) in [6.07, 6.45) is 2.47. The number of carbonyl (C=O) groups is 1. The van der Waals surface area contributed by atoms with E-state index >= 15 is 0 Å². The fraction of sp³-hybridized carbons (Fsp3) is 0.417. The highest BCUT2D eigenvalue weighted by molar-refractivity contribution is 7.98. The molecule has 0 aliphatic rings. The minimum Gasteiger partial charge on any atom is -0.496 e. The summed E-state index contributed by atoms with van der Waals surface area (Å²) in [5, 5.41) is 8.92. The standard InChI is InChI=1S/C12H16O3S/c1-8(12(13)14)7-9-10(15-2)5-4-6-11(9)16-3/h4-6,8H,7H2,1-3H3,(H,13,14). The van der Waals surface area contributed by atoms with Crippen LogP contribution in [-0.4, -0.2) is 24.4 Å². The second-order valence-electron chi connectivity index (χ2n) is 3.58. The lowest BCUT2D eigenvalue weighted by molar-refractivity contribution is -0.141. The first-order valence-corrected chi connectivity index (χ1v) is 6.25. The first-order chi connectivity index (χ1) is 7.60. The Balaban J connectivity index is 3.04. The summed E-state index contributed by atoms with van der Waals surface area (Å²) < 4.78 is 5.26. The summed E-state index contributed by atoms with van der Waals surface area (Å²) in [6.45, 7) is 1.71. The molecule has 1 N–H and O–H groups in total. The fourth-order valence-corrected chi connectivity index (χ4v) is 2.17. The molecule has 0 heterocycles. The molecule has 1 rings (SSSR count). The Bertz CT molecular complexity index is 354. The third kappa shape index (κ3) is 2.92. The van der Waals surface area contributed by atoms with E-state index in [0.717, 1.165) is 16.2 Å². The molecule has 0 spiro atoms. The summed E-state index contributed by atoms with van der Waals surface area (Å²) >= 11 is 1.61. The van der Waals surface area contributed by atoms with Crippen molar-refractivity contribution in [2.45, 2.75) is 18.2 Å². The van der Waals surface area contributed by atoms with Gasteiger partial charge in [-0.1, -0.05) is 13.0 Å². The molecule has 0 saturated heterocycles. The zero-order valence-electron chi connectivity index (χ0n) is 9.69. The van der Waals surface area contributed by atoms with Crippen LogP contribution in [0.15, 0.2) is 23.1 Å². The van der Waals surface area contributed by atoms with Crippen LogP contribution in [0.4, 0.5) is 0 Å². The zero-order chi connectivity index (χ0) is 12.1. The molecule has 1 atom stereocenters. The van der Waals surface area contributed by atoms with Gasteiger partial charge in [0.1, 0.15) is 5.75 Å². The SMILES string of the molecule is COc1cccc(SC)c1CC(C)C(=O)O. The average Bonchev–Trinajstić information content (AvgIpc) is 2.29. The van der Waals surface area contributed by atoms with Crippen LogP contribution in [0.1, 0.15) is 12.5 Å². The molecule has 0 bridgehead atoms. The van der Waals surface area contributed by atoms with Crippen LogP contribution in [-0.2, 0) is 11.2 Å². The van der Waals surface area contributed by atoms with E-state index in [0.29, 0.717) is 6.42 Å². The van der Waals surface area contributed by atoms with Crippen LogP contribution in [0.25, 0.3) is 0 Å². The number of hydrogen-bond acceptors (Lipinski definition) is 3. The van der Waals surface area contributed by atoms with Gasteiger partial charge in [-0.2, -0.15) is 0 Å². The Hall–Kier alpha value is -1.16. The molecule has 88 valence electrons. The number of carboxylic acid groups (broad SMARTS) is 1. The van der Waals surface area contributed by atoms with E-state index in [9.17, 15) is 4.79 Å². The monoisotopic (exact) mass is 240 g/mol. The topological polar surface area (TPSA) is 46.5 Å². The van der Waals surface area contributed by atoms with Crippen molar-refractivity contribution in [3.05, 3.63) is 23.8 Å². The molecular formula is C12H16O3S. The van der Waals surface area contributed by atoms with Gasteiger partial charge >= 0.3 is 5.97 Å². The van der Waals surface area contributed by atoms with Gasteiger partial charge in [-0.3, -0.25) is 4.79 Å². The van der Waals surface area contributed by atoms with E-state index in [2.05, 4.69) is 0 Å². The van der Waals surface area contributed by atoms with Crippen LogP contribution in [0.5, 0.6) is 5.75 Å². The molecule has 4 heteroatoms. The Morgan fingerprint density at radius 2 is 2.25 bits per heavy atom. The van der Waals surface area contributed by atoms with Crippen molar-refractivity contribution in [2.75, 3.05) is 13.4 Å². The van der Waals surface area contributed by atoms with Gasteiger partial charge in [-0.15, -0.1) is 11.8 Å². The smallest absolute Gasteiger partial charge is 0.306 e. The molecule has 0 saturated carbocycles. The minimum atomic E-state index is -0.780. The second-order valence-corrected chi connectivity index (χ2v) is 4.43. The van der Waals surface area contributed by atoms with Crippen LogP contribution in [0, 0.1) is 5.92 Å². The van der Waals surface area contributed by atoms with E-state index in [1.165, 1.54) is 0 Å².